The summed E-state index contributed by atoms with van der Waals surface area (Å²) in [6.07, 6.45) is 2.05. The van der Waals surface area contributed by atoms with Crippen LogP contribution in [0.1, 0.15) is 18.5 Å². The van der Waals surface area contributed by atoms with Crippen molar-refractivity contribution in [2.45, 2.75) is 19.8 Å². The summed E-state index contributed by atoms with van der Waals surface area (Å²) >= 11 is 0. The summed E-state index contributed by atoms with van der Waals surface area (Å²) in [5.74, 6) is 1.57. The van der Waals surface area contributed by atoms with Gasteiger partial charge in [0, 0.05) is 19.7 Å². The molecule has 1 saturated heterocycles. The predicted octanol–water partition coefficient (Wildman–Crippen LogP) is 0.994. The Morgan fingerprint density at radius 3 is 3.00 bits per heavy atom. The van der Waals surface area contributed by atoms with E-state index in [1.165, 1.54) is 0 Å². The van der Waals surface area contributed by atoms with E-state index in [9.17, 15) is 0 Å². The quantitative estimate of drug-likeness (QED) is 0.803. The number of hydrogen-bond donors (Lipinski definition) is 1. The molecule has 1 N–H and O–H groups in total. The monoisotopic (exact) mass is 207 g/mol. The highest BCUT2D eigenvalue weighted by Crippen LogP contribution is 2.23. The Labute approximate surface area is 89.9 Å². The van der Waals surface area contributed by atoms with Crippen LogP contribution in [0.2, 0.25) is 0 Å². The van der Waals surface area contributed by atoms with Gasteiger partial charge in [-0.3, -0.25) is 0 Å². The zero-order chi connectivity index (χ0) is 10.7. The maximum absolute atomic E-state index is 8.87. The van der Waals surface area contributed by atoms with E-state index in [0.29, 0.717) is 5.92 Å². The molecule has 1 atom stereocenters. The molecule has 1 aromatic rings. The number of aliphatic hydroxyl groups is 1. The van der Waals surface area contributed by atoms with Gasteiger partial charge >= 0.3 is 0 Å². The van der Waals surface area contributed by atoms with Crippen molar-refractivity contribution in [2.24, 2.45) is 5.92 Å². The molecule has 1 aliphatic rings. The van der Waals surface area contributed by atoms with Gasteiger partial charge in [-0.05, 0) is 37.8 Å². The lowest BCUT2D eigenvalue weighted by Gasteiger charge is -2.16. The number of aliphatic hydroxyl groups excluding tert-OH is 1. The molecule has 82 valence electrons. The van der Waals surface area contributed by atoms with Gasteiger partial charge in [-0.2, -0.15) is 5.10 Å². The van der Waals surface area contributed by atoms with E-state index in [4.69, 9.17) is 5.11 Å². The number of aromatic nitrogens is 2. The standard InChI is InChI=1S/C11H17N3O/c1-9-2-3-11(13-12-9)14-6-4-10(8-14)5-7-15/h2-3,10,15H,4-8H2,1H3. The molecule has 0 amide bonds. The van der Waals surface area contributed by atoms with Gasteiger partial charge in [0.15, 0.2) is 5.82 Å². The van der Waals surface area contributed by atoms with Crippen LogP contribution in [0.15, 0.2) is 12.1 Å². The molecule has 0 radical (unpaired) electrons. The Kier molecular flexibility index (Phi) is 3.16. The zero-order valence-corrected chi connectivity index (χ0v) is 9.06. The molecule has 1 unspecified atom stereocenters. The van der Waals surface area contributed by atoms with Gasteiger partial charge in [0.2, 0.25) is 0 Å². The van der Waals surface area contributed by atoms with Crippen LogP contribution in [0.3, 0.4) is 0 Å². The number of anilines is 1. The summed E-state index contributed by atoms with van der Waals surface area (Å²) in [5, 5.41) is 17.1. The van der Waals surface area contributed by atoms with Crippen molar-refractivity contribution in [1.29, 1.82) is 0 Å². The van der Waals surface area contributed by atoms with Gasteiger partial charge in [-0.15, -0.1) is 5.10 Å². The first-order valence-corrected chi connectivity index (χ1v) is 5.45. The van der Waals surface area contributed by atoms with E-state index < -0.39 is 0 Å². The highest BCUT2D eigenvalue weighted by Gasteiger charge is 2.22. The summed E-state index contributed by atoms with van der Waals surface area (Å²) in [4.78, 5) is 2.24. The number of rotatable bonds is 3. The molecule has 1 aromatic heterocycles. The Morgan fingerprint density at radius 2 is 2.33 bits per heavy atom. The molecule has 4 nitrogen and oxygen atoms in total. The minimum absolute atomic E-state index is 0.290. The normalized spacial score (nSPS) is 20.9. The molecule has 4 heteroatoms. The van der Waals surface area contributed by atoms with Gasteiger partial charge in [0.1, 0.15) is 0 Å². The van der Waals surface area contributed by atoms with Crippen LogP contribution >= 0.6 is 0 Å². The van der Waals surface area contributed by atoms with Gasteiger partial charge < -0.3 is 10.0 Å². The first kappa shape index (κ1) is 10.4. The van der Waals surface area contributed by atoms with Crippen molar-refractivity contribution >= 4 is 5.82 Å². The number of aryl methyl sites for hydroxylation is 1. The molecule has 2 rings (SSSR count). The third-order valence-corrected chi connectivity index (χ3v) is 2.93. The Morgan fingerprint density at radius 1 is 1.47 bits per heavy atom. The Balaban J connectivity index is 1.98. The minimum Gasteiger partial charge on any atom is -0.396 e. The van der Waals surface area contributed by atoms with Crippen molar-refractivity contribution in [2.75, 3.05) is 24.6 Å². The van der Waals surface area contributed by atoms with E-state index in [1.54, 1.807) is 0 Å². The first-order chi connectivity index (χ1) is 7.29. The maximum atomic E-state index is 8.87. The second kappa shape index (κ2) is 4.57. The van der Waals surface area contributed by atoms with E-state index in [2.05, 4.69) is 15.1 Å². The second-order valence-corrected chi connectivity index (χ2v) is 4.15. The van der Waals surface area contributed by atoms with Crippen LogP contribution < -0.4 is 4.90 Å². The fourth-order valence-corrected chi connectivity index (χ4v) is 2.02. The molecule has 0 saturated carbocycles. The van der Waals surface area contributed by atoms with Crippen LogP contribution in [0.25, 0.3) is 0 Å². The smallest absolute Gasteiger partial charge is 0.151 e. The fraction of sp³-hybridized carbons (Fsp3) is 0.636. The van der Waals surface area contributed by atoms with Gasteiger partial charge in [0.05, 0.1) is 5.69 Å². The predicted molar refractivity (Wildman–Crippen MR) is 58.8 cm³/mol. The molecule has 0 spiro atoms. The molecule has 0 aliphatic carbocycles. The summed E-state index contributed by atoms with van der Waals surface area (Å²) in [6.45, 7) is 4.26. The Bertz CT molecular complexity index is 312. The maximum Gasteiger partial charge on any atom is 0.151 e. The topological polar surface area (TPSA) is 49.2 Å². The lowest BCUT2D eigenvalue weighted by molar-refractivity contribution is 0.263. The van der Waals surface area contributed by atoms with Gasteiger partial charge in [-0.25, -0.2) is 0 Å². The molecular formula is C11H17N3O. The highest BCUT2D eigenvalue weighted by atomic mass is 16.3. The second-order valence-electron chi connectivity index (χ2n) is 4.15. The van der Waals surface area contributed by atoms with Crippen molar-refractivity contribution < 1.29 is 5.11 Å². The Hall–Kier alpha value is -1.16. The van der Waals surface area contributed by atoms with E-state index in [1.807, 2.05) is 19.1 Å². The summed E-state index contributed by atoms with van der Waals surface area (Å²) in [7, 11) is 0. The zero-order valence-electron chi connectivity index (χ0n) is 9.06. The van der Waals surface area contributed by atoms with Crippen molar-refractivity contribution in [3.63, 3.8) is 0 Å². The van der Waals surface area contributed by atoms with E-state index in [-0.39, 0.29) is 6.61 Å². The number of hydrogen-bond acceptors (Lipinski definition) is 4. The van der Waals surface area contributed by atoms with Crippen LogP contribution in [-0.2, 0) is 0 Å². The van der Waals surface area contributed by atoms with Crippen LogP contribution in [-0.4, -0.2) is 35.0 Å². The average Bonchev–Trinajstić information content (AvgIpc) is 2.68. The van der Waals surface area contributed by atoms with Crippen molar-refractivity contribution in [3.05, 3.63) is 17.8 Å². The molecule has 0 aromatic carbocycles. The van der Waals surface area contributed by atoms with Gasteiger partial charge in [-0.1, -0.05) is 0 Å². The van der Waals surface area contributed by atoms with E-state index >= 15 is 0 Å². The largest absolute Gasteiger partial charge is 0.396 e. The average molecular weight is 207 g/mol. The van der Waals surface area contributed by atoms with Crippen LogP contribution in [0.4, 0.5) is 5.82 Å². The van der Waals surface area contributed by atoms with Crippen LogP contribution in [0, 0.1) is 12.8 Å². The molecular weight excluding hydrogens is 190 g/mol. The molecule has 1 fully saturated rings. The molecule has 2 heterocycles. The van der Waals surface area contributed by atoms with E-state index in [0.717, 1.165) is 37.4 Å². The lowest BCUT2D eigenvalue weighted by atomic mass is 10.1. The third kappa shape index (κ3) is 2.45. The molecule has 1 aliphatic heterocycles. The lowest BCUT2D eigenvalue weighted by Crippen LogP contribution is -2.21. The minimum atomic E-state index is 0.290. The molecule has 0 bridgehead atoms. The van der Waals surface area contributed by atoms with Crippen molar-refractivity contribution in [1.82, 2.24) is 10.2 Å². The third-order valence-electron chi connectivity index (χ3n) is 2.93. The summed E-state index contributed by atoms with van der Waals surface area (Å²) in [6, 6.07) is 4.01. The molecule has 15 heavy (non-hydrogen) atoms. The SMILES string of the molecule is Cc1ccc(N2CCC(CCO)C2)nn1. The highest BCUT2D eigenvalue weighted by molar-refractivity contribution is 5.38. The van der Waals surface area contributed by atoms with Crippen LogP contribution in [0.5, 0.6) is 0 Å². The number of nitrogens with zero attached hydrogens (tertiary/aromatic N) is 3. The summed E-state index contributed by atoms with van der Waals surface area (Å²) in [5.41, 5.74) is 0.949. The van der Waals surface area contributed by atoms with Crippen molar-refractivity contribution in [3.8, 4) is 0 Å². The summed E-state index contributed by atoms with van der Waals surface area (Å²) < 4.78 is 0. The fourth-order valence-electron chi connectivity index (χ4n) is 2.02. The van der Waals surface area contributed by atoms with Gasteiger partial charge in [0.25, 0.3) is 0 Å². The first-order valence-electron chi connectivity index (χ1n) is 5.45.